The van der Waals surface area contributed by atoms with Crippen LogP contribution in [0.2, 0.25) is 5.02 Å². The summed E-state index contributed by atoms with van der Waals surface area (Å²) in [5, 5.41) is 15.1. The predicted molar refractivity (Wildman–Crippen MR) is 96.9 cm³/mol. The topological polar surface area (TPSA) is 88.0 Å². The van der Waals surface area contributed by atoms with Crippen molar-refractivity contribution in [3.05, 3.63) is 74.9 Å². The summed E-state index contributed by atoms with van der Waals surface area (Å²) >= 11 is 5.91. The van der Waals surface area contributed by atoms with E-state index in [1.165, 1.54) is 12.1 Å². The third kappa shape index (κ3) is 3.49. The molecule has 0 spiro atoms. The summed E-state index contributed by atoms with van der Waals surface area (Å²) in [6.45, 7) is 1.97. The lowest BCUT2D eigenvalue weighted by Crippen LogP contribution is -2.28. The van der Waals surface area contributed by atoms with Gasteiger partial charge in [-0.1, -0.05) is 30.7 Å². The first-order valence-electron chi connectivity index (χ1n) is 7.81. The number of carbonyl (C=O) groups is 1. The van der Waals surface area contributed by atoms with Crippen molar-refractivity contribution in [1.82, 2.24) is 10.3 Å². The molecule has 1 aromatic heterocycles. The zero-order chi connectivity index (χ0) is 18.0. The van der Waals surface area contributed by atoms with Crippen molar-refractivity contribution in [2.45, 2.75) is 19.4 Å². The highest BCUT2D eigenvalue weighted by Crippen LogP contribution is 2.25. The lowest BCUT2D eigenvalue weighted by atomic mass is 10.0. The van der Waals surface area contributed by atoms with Gasteiger partial charge in [0.2, 0.25) is 0 Å². The molecule has 0 saturated carbocycles. The Morgan fingerprint density at radius 2 is 2.00 bits per heavy atom. The van der Waals surface area contributed by atoms with E-state index in [1.807, 2.05) is 19.1 Å². The van der Waals surface area contributed by atoms with Crippen molar-refractivity contribution in [2.24, 2.45) is 0 Å². The average molecular weight is 358 g/mol. The average Bonchev–Trinajstić information content (AvgIpc) is 3.03. The fraction of sp³-hybridized carbons (Fsp3) is 0.167. The molecule has 1 atom stereocenters. The summed E-state index contributed by atoms with van der Waals surface area (Å²) in [5.74, 6) is -0.284. The molecule has 2 aromatic carbocycles. The van der Waals surface area contributed by atoms with Crippen molar-refractivity contribution in [2.75, 3.05) is 0 Å². The highest BCUT2D eigenvalue weighted by atomic mass is 35.5. The van der Waals surface area contributed by atoms with Crippen LogP contribution in [0.4, 0.5) is 5.69 Å². The van der Waals surface area contributed by atoms with E-state index >= 15 is 0 Å². The lowest BCUT2D eigenvalue weighted by Gasteiger charge is -2.17. The molecule has 1 unspecified atom stereocenters. The van der Waals surface area contributed by atoms with Crippen molar-refractivity contribution in [3.63, 3.8) is 0 Å². The number of H-pyrrole nitrogens is 1. The zero-order valence-corrected chi connectivity index (χ0v) is 14.2. The van der Waals surface area contributed by atoms with Gasteiger partial charge < -0.3 is 10.3 Å². The van der Waals surface area contributed by atoms with Gasteiger partial charge in [-0.05, 0) is 30.2 Å². The van der Waals surface area contributed by atoms with Gasteiger partial charge in [0.05, 0.1) is 16.5 Å². The first-order valence-corrected chi connectivity index (χ1v) is 8.19. The van der Waals surface area contributed by atoms with E-state index in [2.05, 4.69) is 10.3 Å². The molecule has 0 radical (unpaired) electrons. The van der Waals surface area contributed by atoms with E-state index < -0.39 is 4.92 Å². The van der Waals surface area contributed by atoms with Gasteiger partial charge in [0.1, 0.15) is 0 Å². The molecular formula is C18H16ClN3O3. The summed E-state index contributed by atoms with van der Waals surface area (Å²) in [6, 6.07) is 11.5. The van der Waals surface area contributed by atoms with Gasteiger partial charge in [0.25, 0.3) is 11.6 Å². The molecule has 0 bridgehead atoms. The second-order valence-electron chi connectivity index (χ2n) is 5.68. The Bertz CT molecular complexity index is 934. The first-order chi connectivity index (χ1) is 12.0. The number of hydrogen-bond acceptors (Lipinski definition) is 3. The second-order valence-corrected chi connectivity index (χ2v) is 6.11. The number of nitrogens with one attached hydrogen (secondary N) is 2. The van der Waals surface area contributed by atoms with Crippen LogP contribution in [0.1, 0.15) is 35.3 Å². The van der Waals surface area contributed by atoms with Gasteiger partial charge in [-0.25, -0.2) is 0 Å². The maximum absolute atomic E-state index is 12.7. The SMILES string of the molecule is CCC(NC(=O)c1c[nH]c2ccc([N+](=O)[O-])cc12)c1ccc(Cl)cc1. The quantitative estimate of drug-likeness (QED) is 0.516. The van der Waals surface area contributed by atoms with Gasteiger partial charge in [-0.15, -0.1) is 0 Å². The van der Waals surface area contributed by atoms with E-state index in [0.29, 0.717) is 27.9 Å². The van der Waals surface area contributed by atoms with E-state index in [4.69, 9.17) is 11.6 Å². The number of hydrogen-bond donors (Lipinski definition) is 2. The number of non-ortho nitro benzene ring substituents is 1. The third-order valence-electron chi connectivity index (χ3n) is 4.11. The number of amides is 1. The third-order valence-corrected chi connectivity index (χ3v) is 4.36. The van der Waals surface area contributed by atoms with Crippen LogP contribution in [0, 0.1) is 10.1 Å². The van der Waals surface area contributed by atoms with Crippen LogP contribution in [0.15, 0.2) is 48.7 Å². The number of nitrogens with zero attached hydrogens (tertiary/aromatic N) is 1. The Morgan fingerprint density at radius 3 is 2.64 bits per heavy atom. The first kappa shape index (κ1) is 17.0. The van der Waals surface area contributed by atoms with Gasteiger partial charge >= 0.3 is 0 Å². The van der Waals surface area contributed by atoms with Gasteiger partial charge in [-0.2, -0.15) is 0 Å². The molecule has 1 amide bonds. The number of aromatic amines is 1. The van der Waals surface area contributed by atoms with Crippen LogP contribution in [0.25, 0.3) is 10.9 Å². The largest absolute Gasteiger partial charge is 0.360 e. The lowest BCUT2D eigenvalue weighted by molar-refractivity contribution is -0.384. The summed E-state index contributed by atoms with van der Waals surface area (Å²) in [7, 11) is 0. The maximum atomic E-state index is 12.7. The Kier molecular flexibility index (Phi) is 4.72. The molecule has 2 N–H and O–H groups in total. The fourth-order valence-electron chi connectivity index (χ4n) is 2.76. The molecule has 1 heterocycles. The Labute approximate surface area is 149 Å². The summed E-state index contributed by atoms with van der Waals surface area (Å²) in [6.07, 6.45) is 2.27. The van der Waals surface area contributed by atoms with Crippen molar-refractivity contribution >= 4 is 34.1 Å². The number of nitro benzene ring substituents is 1. The van der Waals surface area contributed by atoms with Crippen LogP contribution in [0.3, 0.4) is 0 Å². The predicted octanol–water partition coefficient (Wildman–Crippen LogP) is 4.61. The molecule has 6 nitrogen and oxygen atoms in total. The fourth-order valence-corrected chi connectivity index (χ4v) is 2.89. The normalized spacial score (nSPS) is 12.1. The van der Waals surface area contributed by atoms with Gasteiger partial charge in [0.15, 0.2) is 0 Å². The number of nitro groups is 1. The molecule has 0 saturated heterocycles. The van der Waals surface area contributed by atoms with E-state index in [-0.39, 0.29) is 17.6 Å². The van der Waals surface area contributed by atoms with Crippen LogP contribution in [-0.2, 0) is 0 Å². The van der Waals surface area contributed by atoms with E-state index in [0.717, 1.165) is 5.56 Å². The van der Waals surface area contributed by atoms with Crippen LogP contribution in [-0.4, -0.2) is 15.8 Å². The van der Waals surface area contributed by atoms with Crippen molar-refractivity contribution in [3.8, 4) is 0 Å². The van der Waals surface area contributed by atoms with Crippen molar-refractivity contribution < 1.29 is 9.72 Å². The molecule has 7 heteroatoms. The molecular weight excluding hydrogens is 342 g/mol. The highest BCUT2D eigenvalue weighted by Gasteiger charge is 2.18. The maximum Gasteiger partial charge on any atom is 0.270 e. The van der Waals surface area contributed by atoms with Crippen molar-refractivity contribution in [1.29, 1.82) is 0 Å². The minimum absolute atomic E-state index is 0.0501. The van der Waals surface area contributed by atoms with Crippen LogP contribution >= 0.6 is 11.6 Å². The molecule has 0 fully saturated rings. The number of rotatable bonds is 5. The smallest absolute Gasteiger partial charge is 0.270 e. The molecule has 0 aliphatic carbocycles. The highest BCUT2D eigenvalue weighted by molar-refractivity contribution is 6.30. The molecule has 0 aliphatic heterocycles. The standard InChI is InChI=1S/C18H16ClN3O3/c1-2-16(11-3-5-12(19)6-4-11)21-18(23)15-10-20-17-8-7-13(22(24)25)9-14(15)17/h3-10,16,20H,2H2,1H3,(H,21,23). The Balaban J connectivity index is 1.89. The second kappa shape index (κ2) is 6.94. The number of fused-ring (bicyclic) bond motifs is 1. The minimum atomic E-state index is -0.476. The zero-order valence-electron chi connectivity index (χ0n) is 13.5. The number of aromatic nitrogens is 1. The molecule has 3 rings (SSSR count). The van der Waals surface area contributed by atoms with Gasteiger partial charge in [0, 0.05) is 34.3 Å². The summed E-state index contributed by atoms with van der Waals surface area (Å²) < 4.78 is 0. The number of benzene rings is 2. The van der Waals surface area contributed by atoms with E-state index in [1.54, 1.807) is 24.4 Å². The monoisotopic (exact) mass is 357 g/mol. The Hall–Kier alpha value is -2.86. The number of carbonyl (C=O) groups excluding carboxylic acids is 1. The molecule has 128 valence electrons. The summed E-state index contributed by atoms with van der Waals surface area (Å²) in [5.41, 5.74) is 1.96. The molecule has 0 aliphatic rings. The van der Waals surface area contributed by atoms with Crippen LogP contribution < -0.4 is 5.32 Å². The Morgan fingerprint density at radius 1 is 1.28 bits per heavy atom. The minimum Gasteiger partial charge on any atom is -0.360 e. The number of halogens is 1. The van der Waals surface area contributed by atoms with Crippen LogP contribution in [0.5, 0.6) is 0 Å². The molecule has 25 heavy (non-hydrogen) atoms. The van der Waals surface area contributed by atoms with E-state index in [9.17, 15) is 14.9 Å². The summed E-state index contributed by atoms with van der Waals surface area (Å²) in [4.78, 5) is 26.1. The van der Waals surface area contributed by atoms with Gasteiger partial charge in [-0.3, -0.25) is 14.9 Å². The molecule has 3 aromatic rings.